The molecule has 9 heteroatoms. The fourth-order valence-electron chi connectivity index (χ4n) is 3.24. The summed E-state index contributed by atoms with van der Waals surface area (Å²) in [6.07, 6.45) is 5.31. The van der Waals surface area contributed by atoms with Crippen LogP contribution in [0.2, 0.25) is 0 Å². The number of imidazole rings is 1. The van der Waals surface area contributed by atoms with Gasteiger partial charge in [0.05, 0.1) is 10.7 Å². The molecule has 0 atom stereocenters. The van der Waals surface area contributed by atoms with Gasteiger partial charge in [-0.3, -0.25) is 9.36 Å². The van der Waals surface area contributed by atoms with Gasteiger partial charge < -0.3 is 9.80 Å². The first-order valence-electron chi connectivity index (χ1n) is 8.83. The van der Waals surface area contributed by atoms with Crippen molar-refractivity contribution in [2.75, 3.05) is 31.1 Å². The zero-order valence-corrected chi connectivity index (χ0v) is 16.4. The molecule has 0 spiro atoms. The van der Waals surface area contributed by atoms with Crippen molar-refractivity contribution in [3.63, 3.8) is 0 Å². The summed E-state index contributed by atoms with van der Waals surface area (Å²) in [7, 11) is 0. The third-order valence-electron chi connectivity index (χ3n) is 4.57. The molecule has 140 valence electrons. The van der Waals surface area contributed by atoms with Crippen molar-refractivity contribution in [2.24, 2.45) is 0 Å². The van der Waals surface area contributed by atoms with Crippen LogP contribution in [0.4, 0.5) is 5.82 Å². The van der Waals surface area contributed by atoms with Gasteiger partial charge in [0.2, 0.25) is 0 Å². The van der Waals surface area contributed by atoms with Crippen molar-refractivity contribution in [3.8, 4) is 5.82 Å². The maximum atomic E-state index is 12.8. The number of aryl methyl sites for hydroxylation is 3. The van der Waals surface area contributed by atoms with E-state index in [1.165, 1.54) is 11.3 Å². The molecule has 0 unspecified atom stereocenters. The highest BCUT2D eigenvalue weighted by Crippen LogP contribution is 2.22. The number of nitrogens with zero attached hydrogens (tertiary/aromatic N) is 7. The van der Waals surface area contributed by atoms with Gasteiger partial charge in [0, 0.05) is 44.6 Å². The maximum Gasteiger partial charge on any atom is 0.265 e. The second-order valence-corrected chi connectivity index (χ2v) is 7.73. The van der Waals surface area contributed by atoms with Gasteiger partial charge >= 0.3 is 0 Å². The average molecular weight is 383 g/mol. The quantitative estimate of drug-likeness (QED) is 0.688. The molecule has 4 rings (SSSR count). The zero-order valence-electron chi connectivity index (χ0n) is 15.6. The predicted octanol–water partition coefficient (Wildman–Crippen LogP) is 2.01. The van der Waals surface area contributed by atoms with E-state index in [2.05, 4.69) is 24.8 Å². The Morgan fingerprint density at radius 1 is 1.04 bits per heavy atom. The summed E-state index contributed by atoms with van der Waals surface area (Å²) in [6.45, 7) is 8.52. The number of aromatic nitrogens is 5. The van der Waals surface area contributed by atoms with E-state index in [0.717, 1.165) is 40.3 Å². The van der Waals surface area contributed by atoms with Crippen molar-refractivity contribution >= 4 is 23.1 Å². The minimum atomic E-state index is 0.0794. The molecule has 1 amide bonds. The summed E-state index contributed by atoms with van der Waals surface area (Å²) < 4.78 is 1.87. The second kappa shape index (κ2) is 7.07. The standard InChI is InChI=1S/C18H21N7OS/c1-12-17(27-14(3)20-12)18(26)24-8-6-23(7-9-24)15-10-16(22-13(2)21-15)25-5-4-19-11-25/h4-5,10-11H,6-9H2,1-3H3. The first-order chi connectivity index (χ1) is 13.0. The van der Waals surface area contributed by atoms with E-state index < -0.39 is 0 Å². The third-order valence-corrected chi connectivity index (χ3v) is 5.63. The summed E-state index contributed by atoms with van der Waals surface area (Å²) in [5.74, 6) is 2.47. The molecule has 1 aliphatic heterocycles. The maximum absolute atomic E-state index is 12.8. The van der Waals surface area contributed by atoms with Crippen LogP contribution in [0.25, 0.3) is 5.82 Å². The van der Waals surface area contributed by atoms with Gasteiger partial charge in [-0.15, -0.1) is 11.3 Å². The highest BCUT2D eigenvalue weighted by molar-refractivity contribution is 7.13. The lowest BCUT2D eigenvalue weighted by molar-refractivity contribution is 0.0750. The van der Waals surface area contributed by atoms with Crippen molar-refractivity contribution in [1.29, 1.82) is 0 Å². The lowest BCUT2D eigenvalue weighted by Crippen LogP contribution is -2.49. The number of hydrogen-bond acceptors (Lipinski definition) is 7. The molecule has 0 aliphatic carbocycles. The van der Waals surface area contributed by atoms with Gasteiger partial charge in [0.15, 0.2) is 0 Å². The first kappa shape index (κ1) is 17.6. The number of carbonyl (C=O) groups is 1. The van der Waals surface area contributed by atoms with Crippen LogP contribution in [0.5, 0.6) is 0 Å². The molecule has 0 bridgehead atoms. The smallest absolute Gasteiger partial charge is 0.265 e. The Labute approximate surface area is 161 Å². The van der Waals surface area contributed by atoms with Gasteiger partial charge in [0.25, 0.3) is 5.91 Å². The molecule has 27 heavy (non-hydrogen) atoms. The van der Waals surface area contributed by atoms with Gasteiger partial charge in [-0.05, 0) is 20.8 Å². The molecule has 0 saturated carbocycles. The Kier molecular flexibility index (Phi) is 4.61. The summed E-state index contributed by atoms with van der Waals surface area (Å²) >= 11 is 1.47. The van der Waals surface area contributed by atoms with Crippen molar-refractivity contribution < 1.29 is 4.79 Å². The Hall–Kier alpha value is -2.81. The zero-order chi connectivity index (χ0) is 19.0. The molecular formula is C18H21N7OS. The van der Waals surface area contributed by atoms with Crippen molar-refractivity contribution in [3.05, 3.63) is 46.2 Å². The highest BCUT2D eigenvalue weighted by atomic mass is 32.1. The van der Waals surface area contributed by atoms with E-state index in [4.69, 9.17) is 0 Å². The largest absolute Gasteiger partial charge is 0.353 e. The molecule has 1 saturated heterocycles. The summed E-state index contributed by atoms with van der Waals surface area (Å²) in [5, 5.41) is 0.929. The van der Waals surface area contributed by atoms with Crippen LogP contribution < -0.4 is 4.90 Å². The number of rotatable bonds is 3. The molecule has 4 heterocycles. The fraction of sp³-hybridized carbons (Fsp3) is 0.389. The molecule has 3 aromatic heterocycles. The molecule has 8 nitrogen and oxygen atoms in total. The van der Waals surface area contributed by atoms with Crippen LogP contribution >= 0.6 is 11.3 Å². The van der Waals surface area contributed by atoms with E-state index in [-0.39, 0.29) is 5.91 Å². The summed E-state index contributed by atoms with van der Waals surface area (Å²) in [6, 6.07) is 1.96. The SMILES string of the molecule is Cc1nc(N2CCN(C(=O)c3sc(C)nc3C)CC2)cc(-n2ccnc2)n1. The number of piperazine rings is 1. The van der Waals surface area contributed by atoms with Gasteiger partial charge in [-0.1, -0.05) is 0 Å². The van der Waals surface area contributed by atoms with Crippen LogP contribution in [0.15, 0.2) is 24.8 Å². The number of anilines is 1. The molecule has 3 aromatic rings. The lowest BCUT2D eigenvalue weighted by atomic mass is 10.2. The van der Waals surface area contributed by atoms with Crippen LogP contribution in [0.3, 0.4) is 0 Å². The monoisotopic (exact) mass is 383 g/mol. The minimum absolute atomic E-state index is 0.0794. The lowest BCUT2D eigenvalue weighted by Gasteiger charge is -2.35. The van der Waals surface area contributed by atoms with E-state index in [1.54, 1.807) is 12.5 Å². The number of hydrogen-bond donors (Lipinski definition) is 0. The van der Waals surface area contributed by atoms with Crippen molar-refractivity contribution in [1.82, 2.24) is 29.4 Å². The van der Waals surface area contributed by atoms with Gasteiger partial charge in [0.1, 0.15) is 28.7 Å². The van der Waals surface area contributed by atoms with E-state index in [9.17, 15) is 4.79 Å². The van der Waals surface area contributed by atoms with Gasteiger partial charge in [-0.25, -0.2) is 19.9 Å². The predicted molar refractivity (Wildman–Crippen MR) is 104 cm³/mol. The van der Waals surface area contributed by atoms with Crippen LogP contribution in [0.1, 0.15) is 26.2 Å². The van der Waals surface area contributed by atoms with Crippen molar-refractivity contribution in [2.45, 2.75) is 20.8 Å². The Bertz CT molecular complexity index is 958. The number of amides is 1. The van der Waals surface area contributed by atoms with Gasteiger partial charge in [-0.2, -0.15) is 0 Å². The Balaban J connectivity index is 1.48. The van der Waals surface area contributed by atoms with Crippen LogP contribution in [-0.4, -0.2) is 61.5 Å². The molecular weight excluding hydrogens is 362 g/mol. The number of carbonyl (C=O) groups excluding carboxylic acids is 1. The topological polar surface area (TPSA) is 80.0 Å². The average Bonchev–Trinajstić information content (AvgIpc) is 3.30. The van der Waals surface area contributed by atoms with E-state index >= 15 is 0 Å². The van der Waals surface area contributed by atoms with E-state index in [0.29, 0.717) is 18.9 Å². The van der Waals surface area contributed by atoms with Crippen LogP contribution in [0, 0.1) is 20.8 Å². The van der Waals surface area contributed by atoms with Crippen LogP contribution in [-0.2, 0) is 0 Å². The Morgan fingerprint density at radius 3 is 2.41 bits per heavy atom. The fourth-order valence-corrected chi connectivity index (χ4v) is 4.13. The Morgan fingerprint density at radius 2 is 1.78 bits per heavy atom. The third kappa shape index (κ3) is 3.55. The second-order valence-electron chi connectivity index (χ2n) is 6.53. The first-order valence-corrected chi connectivity index (χ1v) is 9.65. The van der Waals surface area contributed by atoms with E-state index in [1.807, 2.05) is 42.5 Å². The normalized spacial score (nSPS) is 14.6. The molecule has 1 fully saturated rings. The molecule has 1 aliphatic rings. The summed E-state index contributed by atoms with van der Waals surface area (Å²) in [4.78, 5) is 35.1. The number of thiazole rings is 1. The molecule has 0 aromatic carbocycles. The molecule has 0 N–H and O–H groups in total. The minimum Gasteiger partial charge on any atom is -0.353 e. The molecule has 0 radical (unpaired) electrons. The summed E-state index contributed by atoms with van der Waals surface area (Å²) in [5.41, 5.74) is 0.821. The highest BCUT2D eigenvalue weighted by Gasteiger charge is 2.26.